The monoisotopic (exact) mass is 646 g/mol. The molecule has 0 unspecified atom stereocenters. The first-order valence-corrected chi connectivity index (χ1v) is 16.5. The van der Waals surface area contributed by atoms with Gasteiger partial charge in [-0.3, -0.25) is 24.6 Å². The standard InChI is InChI=1S/C38H39ClN6O2/c1-25-18-28(34(39)19-29(25)23-44-15-3-4-16-44)9-11-36-33(20-40)32(12-14-41-36)31-6-5-7-35(26(31)2)43-38(47)37-10-8-27(21-42-37)22-45-17-13-30(46)24-45/h5-12,14,18-19,21,30,46H,3-4,13,15-17,22-24H2,1-2H3,(H,43,47)/b11-9+/t30-/m1/s1. The van der Waals surface area contributed by atoms with Crippen LogP contribution in [-0.4, -0.2) is 63.1 Å². The third kappa shape index (κ3) is 7.61. The number of likely N-dealkylation sites (tertiary alicyclic amines) is 2. The first-order valence-electron chi connectivity index (χ1n) is 16.1. The molecule has 0 radical (unpaired) electrons. The zero-order chi connectivity index (χ0) is 32.9. The Labute approximate surface area is 281 Å². The summed E-state index contributed by atoms with van der Waals surface area (Å²) in [4.78, 5) is 26.7. The zero-order valence-electron chi connectivity index (χ0n) is 26.8. The molecule has 1 atom stereocenters. The number of amides is 1. The summed E-state index contributed by atoms with van der Waals surface area (Å²) in [5, 5.41) is 23.7. The maximum Gasteiger partial charge on any atom is 0.274 e. The number of aromatic nitrogens is 2. The molecule has 2 aliphatic heterocycles. The van der Waals surface area contributed by atoms with Gasteiger partial charge in [0.2, 0.25) is 0 Å². The average molecular weight is 647 g/mol. The molecule has 2 N–H and O–H groups in total. The number of rotatable bonds is 9. The van der Waals surface area contributed by atoms with Gasteiger partial charge in [-0.2, -0.15) is 5.26 Å². The van der Waals surface area contributed by atoms with Crippen molar-refractivity contribution >= 4 is 35.3 Å². The largest absolute Gasteiger partial charge is 0.392 e. The van der Waals surface area contributed by atoms with Crippen LogP contribution in [0.2, 0.25) is 5.02 Å². The summed E-state index contributed by atoms with van der Waals surface area (Å²) in [5.41, 5.74) is 8.61. The van der Waals surface area contributed by atoms with E-state index in [9.17, 15) is 15.2 Å². The van der Waals surface area contributed by atoms with Crippen LogP contribution in [0.3, 0.4) is 0 Å². The Morgan fingerprint density at radius 2 is 1.87 bits per heavy atom. The maximum absolute atomic E-state index is 13.2. The molecule has 8 nitrogen and oxygen atoms in total. The van der Waals surface area contributed by atoms with Gasteiger partial charge >= 0.3 is 0 Å². The highest BCUT2D eigenvalue weighted by atomic mass is 35.5. The minimum atomic E-state index is -0.314. The third-order valence-electron chi connectivity index (χ3n) is 9.14. The molecule has 47 heavy (non-hydrogen) atoms. The Kier molecular flexibility index (Phi) is 10.1. The number of carbonyl (C=O) groups excluding carboxylic acids is 1. The molecule has 1 amide bonds. The van der Waals surface area contributed by atoms with Crippen molar-refractivity contribution in [2.24, 2.45) is 0 Å². The molecule has 240 valence electrons. The van der Waals surface area contributed by atoms with Crippen molar-refractivity contribution in [1.82, 2.24) is 19.8 Å². The van der Waals surface area contributed by atoms with Crippen molar-refractivity contribution in [1.29, 1.82) is 5.26 Å². The lowest BCUT2D eigenvalue weighted by molar-refractivity contribution is 0.102. The Morgan fingerprint density at radius 1 is 1.04 bits per heavy atom. The van der Waals surface area contributed by atoms with E-state index in [4.69, 9.17) is 11.6 Å². The van der Waals surface area contributed by atoms with Crippen LogP contribution in [0.4, 0.5) is 5.69 Å². The number of hydrogen-bond acceptors (Lipinski definition) is 7. The molecule has 9 heteroatoms. The predicted octanol–water partition coefficient (Wildman–Crippen LogP) is 6.87. The predicted molar refractivity (Wildman–Crippen MR) is 187 cm³/mol. The van der Waals surface area contributed by atoms with Gasteiger partial charge in [-0.1, -0.05) is 41.9 Å². The molecule has 6 rings (SSSR count). The Morgan fingerprint density at radius 3 is 2.60 bits per heavy atom. The van der Waals surface area contributed by atoms with Crippen molar-refractivity contribution in [3.05, 3.63) is 111 Å². The number of nitrogens with zero attached hydrogens (tertiary/aromatic N) is 5. The molecule has 2 aliphatic rings. The number of aliphatic hydroxyl groups is 1. The molecule has 0 bridgehead atoms. The molecule has 2 aromatic heterocycles. The molecule has 0 saturated carbocycles. The molecule has 4 aromatic rings. The number of nitrogens with one attached hydrogen (secondary N) is 1. The van der Waals surface area contributed by atoms with E-state index >= 15 is 0 Å². The SMILES string of the molecule is Cc1cc(/C=C/c2nccc(-c3cccc(NC(=O)c4ccc(CN5CC[C@@H](O)C5)cn4)c3C)c2C#N)c(Cl)cc1CN1CCCC1. The van der Waals surface area contributed by atoms with Crippen molar-refractivity contribution in [2.75, 3.05) is 31.5 Å². The molecular weight excluding hydrogens is 608 g/mol. The van der Waals surface area contributed by atoms with E-state index < -0.39 is 0 Å². The molecule has 0 spiro atoms. The van der Waals surface area contributed by atoms with E-state index in [2.05, 4.69) is 50.2 Å². The van der Waals surface area contributed by atoms with Crippen molar-refractivity contribution in [3.63, 3.8) is 0 Å². The number of benzene rings is 2. The minimum Gasteiger partial charge on any atom is -0.392 e. The Hall–Kier alpha value is -4.39. The van der Waals surface area contributed by atoms with Crippen LogP contribution in [-0.2, 0) is 13.1 Å². The molecule has 2 fully saturated rings. The van der Waals surface area contributed by atoms with Gasteiger partial charge < -0.3 is 10.4 Å². The number of halogens is 1. The van der Waals surface area contributed by atoms with Gasteiger partial charge in [0.05, 0.1) is 17.4 Å². The van der Waals surface area contributed by atoms with Crippen LogP contribution >= 0.6 is 11.6 Å². The van der Waals surface area contributed by atoms with Gasteiger partial charge in [0.15, 0.2) is 0 Å². The fourth-order valence-electron chi connectivity index (χ4n) is 6.46. The molecular formula is C38H39ClN6O2. The highest BCUT2D eigenvalue weighted by Crippen LogP contribution is 2.33. The lowest BCUT2D eigenvalue weighted by Crippen LogP contribution is -2.21. The second-order valence-electron chi connectivity index (χ2n) is 12.5. The van der Waals surface area contributed by atoms with E-state index in [1.165, 1.54) is 24.0 Å². The molecule has 0 aliphatic carbocycles. The summed E-state index contributed by atoms with van der Waals surface area (Å²) in [5.74, 6) is -0.314. The molecule has 4 heterocycles. The number of carbonyl (C=O) groups is 1. The van der Waals surface area contributed by atoms with Crippen LogP contribution in [0.25, 0.3) is 23.3 Å². The van der Waals surface area contributed by atoms with Gasteiger partial charge in [0, 0.05) is 54.8 Å². The summed E-state index contributed by atoms with van der Waals surface area (Å²) in [7, 11) is 0. The number of aliphatic hydroxyl groups excluding tert-OH is 1. The van der Waals surface area contributed by atoms with E-state index in [1.54, 1.807) is 18.5 Å². The lowest BCUT2D eigenvalue weighted by atomic mass is 9.94. The van der Waals surface area contributed by atoms with Gasteiger partial charge in [-0.15, -0.1) is 0 Å². The van der Waals surface area contributed by atoms with E-state index in [0.29, 0.717) is 40.8 Å². The lowest BCUT2D eigenvalue weighted by Gasteiger charge is -2.17. The number of pyridine rings is 2. The Bertz CT molecular complexity index is 1840. The molecule has 2 saturated heterocycles. The molecule has 2 aromatic carbocycles. The van der Waals surface area contributed by atoms with Crippen LogP contribution in [0.1, 0.15) is 68.8 Å². The smallest absolute Gasteiger partial charge is 0.274 e. The van der Waals surface area contributed by atoms with E-state index in [0.717, 1.165) is 60.4 Å². The topological polar surface area (TPSA) is 105 Å². The van der Waals surface area contributed by atoms with Crippen molar-refractivity contribution < 1.29 is 9.90 Å². The van der Waals surface area contributed by atoms with Crippen LogP contribution < -0.4 is 5.32 Å². The second kappa shape index (κ2) is 14.6. The highest BCUT2D eigenvalue weighted by molar-refractivity contribution is 6.32. The first-order chi connectivity index (χ1) is 22.8. The van der Waals surface area contributed by atoms with E-state index in [1.807, 2.05) is 49.4 Å². The fraction of sp³-hybridized carbons (Fsp3) is 0.316. The summed E-state index contributed by atoms with van der Waals surface area (Å²) >= 11 is 6.72. The van der Waals surface area contributed by atoms with Crippen LogP contribution in [0, 0.1) is 25.2 Å². The number of anilines is 1. The van der Waals surface area contributed by atoms with Crippen LogP contribution in [0.5, 0.6) is 0 Å². The quantitative estimate of drug-likeness (QED) is 0.204. The van der Waals surface area contributed by atoms with Gasteiger partial charge in [0.1, 0.15) is 11.8 Å². The number of nitriles is 1. The maximum atomic E-state index is 13.2. The van der Waals surface area contributed by atoms with Gasteiger partial charge in [0.25, 0.3) is 5.91 Å². The summed E-state index contributed by atoms with van der Waals surface area (Å²) in [6, 6.07) is 17.6. The Balaban J connectivity index is 1.19. The average Bonchev–Trinajstić information content (AvgIpc) is 3.74. The fourth-order valence-corrected chi connectivity index (χ4v) is 6.70. The van der Waals surface area contributed by atoms with E-state index in [-0.39, 0.29) is 12.0 Å². The highest BCUT2D eigenvalue weighted by Gasteiger charge is 2.21. The van der Waals surface area contributed by atoms with Crippen molar-refractivity contribution in [2.45, 2.75) is 52.3 Å². The van der Waals surface area contributed by atoms with Gasteiger partial charge in [-0.25, -0.2) is 0 Å². The van der Waals surface area contributed by atoms with Gasteiger partial charge in [-0.05, 0) is 110 Å². The summed E-state index contributed by atoms with van der Waals surface area (Å²) < 4.78 is 0. The number of hydrogen-bond donors (Lipinski definition) is 2. The number of β-amino-alcohol motifs (C(OH)–C–C–N with tert-alkyl or cyclic N) is 1. The first kappa shape index (κ1) is 32.5. The summed E-state index contributed by atoms with van der Waals surface area (Å²) in [6.07, 6.45) is 10.2. The number of aryl methyl sites for hydroxylation is 1. The van der Waals surface area contributed by atoms with Crippen molar-refractivity contribution in [3.8, 4) is 17.2 Å². The summed E-state index contributed by atoms with van der Waals surface area (Å²) in [6.45, 7) is 9.40. The normalized spacial score (nSPS) is 17.0. The zero-order valence-corrected chi connectivity index (χ0v) is 27.6. The minimum absolute atomic E-state index is 0.276. The van der Waals surface area contributed by atoms with Crippen LogP contribution in [0.15, 0.2) is 60.9 Å². The second-order valence-corrected chi connectivity index (χ2v) is 12.9. The third-order valence-corrected chi connectivity index (χ3v) is 9.47.